The maximum absolute atomic E-state index is 11.9. The predicted molar refractivity (Wildman–Crippen MR) is 100 cm³/mol. The average molecular weight is 338 g/mol. The number of carbonyl (C=O) groups excluding carboxylic acids is 1. The molecule has 1 aromatic carbocycles. The van der Waals surface area contributed by atoms with Gasteiger partial charge in [0.05, 0.1) is 12.6 Å². The quantitative estimate of drug-likeness (QED) is 0.441. The van der Waals surface area contributed by atoms with Crippen LogP contribution >= 0.6 is 12.6 Å². The van der Waals surface area contributed by atoms with E-state index in [1.807, 2.05) is 6.07 Å². The molecule has 0 spiro atoms. The molecule has 0 unspecified atom stereocenters. The summed E-state index contributed by atoms with van der Waals surface area (Å²) in [7, 11) is 0. The molecule has 0 saturated heterocycles. The second kappa shape index (κ2) is 11.5. The number of thiol groups is 1. The van der Waals surface area contributed by atoms with Crippen LogP contribution in [0, 0.1) is 0 Å². The second-order valence-corrected chi connectivity index (χ2v) is 6.28. The van der Waals surface area contributed by atoms with Gasteiger partial charge < -0.3 is 10.5 Å². The molecular weight excluding hydrogens is 306 g/mol. The molecule has 0 heterocycles. The molecule has 0 bridgehead atoms. The van der Waals surface area contributed by atoms with Crippen molar-refractivity contribution in [3.63, 3.8) is 0 Å². The molecular formula is C19H31NO2S. The number of benzene rings is 1. The van der Waals surface area contributed by atoms with Crippen LogP contribution in [0.1, 0.15) is 63.5 Å². The van der Waals surface area contributed by atoms with Crippen LogP contribution < -0.4 is 10.5 Å². The summed E-state index contributed by atoms with van der Waals surface area (Å²) in [4.78, 5) is 11.9. The number of hydrogen-bond acceptors (Lipinski definition) is 4. The molecule has 0 aliphatic rings. The monoisotopic (exact) mass is 337 g/mol. The molecule has 0 aliphatic carbocycles. The van der Waals surface area contributed by atoms with Crippen molar-refractivity contribution in [3.05, 3.63) is 29.3 Å². The van der Waals surface area contributed by atoms with E-state index in [9.17, 15) is 4.79 Å². The zero-order valence-electron chi connectivity index (χ0n) is 14.5. The maximum Gasteiger partial charge on any atom is 0.149 e. The van der Waals surface area contributed by atoms with Gasteiger partial charge in [0.25, 0.3) is 0 Å². The van der Waals surface area contributed by atoms with E-state index in [0.29, 0.717) is 13.0 Å². The third-order valence-corrected chi connectivity index (χ3v) is 4.44. The lowest BCUT2D eigenvalue weighted by atomic mass is 10.0. The summed E-state index contributed by atoms with van der Waals surface area (Å²) < 4.78 is 5.76. The van der Waals surface area contributed by atoms with E-state index in [4.69, 9.17) is 10.5 Å². The van der Waals surface area contributed by atoms with Crippen LogP contribution in [0.25, 0.3) is 0 Å². The number of unbranched alkanes of at least 4 members (excludes halogenated alkanes) is 2. The number of aryl methyl sites for hydroxylation is 1. The Kier molecular flexibility index (Phi) is 10.0. The molecule has 0 radical (unpaired) electrons. The van der Waals surface area contributed by atoms with Gasteiger partial charge in [-0.15, -0.1) is 0 Å². The zero-order chi connectivity index (χ0) is 17.1. The summed E-state index contributed by atoms with van der Waals surface area (Å²) >= 11 is 4.34. The minimum atomic E-state index is -0.303. The van der Waals surface area contributed by atoms with Crippen LogP contribution in [0.3, 0.4) is 0 Å². The highest BCUT2D eigenvalue weighted by molar-refractivity contribution is 7.79. The van der Waals surface area contributed by atoms with Gasteiger partial charge in [-0.1, -0.05) is 39.2 Å². The lowest BCUT2D eigenvalue weighted by Gasteiger charge is -2.12. The van der Waals surface area contributed by atoms with Crippen molar-refractivity contribution in [2.45, 2.75) is 70.6 Å². The number of nitrogens with two attached hydrogens (primary N) is 1. The largest absolute Gasteiger partial charge is 0.494 e. The van der Waals surface area contributed by atoms with Gasteiger partial charge in [0.2, 0.25) is 0 Å². The van der Waals surface area contributed by atoms with Crippen LogP contribution in [0.5, 0.6) is 5.75 Å². The number of ketones is 1. The van der Waals surface area contributed by atoms with E-state index < -0.39 is 0 Å². The molecule has 23 heavy (non-hydrogen) atoms. The molecule has 0 saturated carbocycles. The van der Waals surface area contributed by atoms with Crippen LogP contribution in [0.4, 0.5) is 0 Å². The minimum Gasteiger partial charge on any atom is -0.494 e. The number of rotatable bonds is 12. The first kappa shape index (κ1) is 20.0. The third-order valence-electron chi connectivity index (χ3n) is 4.10. The van der Waals surface area contributed by atoms with E-state index >= 15 is 0 Å². The Morgan fingerprint density at radius 2 is 2.00 bits per heavy atom. The highest BCUT2D eigenvalue weighted by Crippen LogP contribution is 2.20. The van der Waals surface area contributed by atoms with Gasteiger partial charge in [0.15, 0.2) is 0 Å². The zero-order valence-corrected chi connectivity index (χ0v) is 15.4. The Morgan fingerprint density at radius 1 is 1.22 bits per heavy atom. The fraction of sp³-hybridized carbons (Fsp3) is 0.632. The average Bonchev–Trinajstić information content (AvgIpc) is 2.58. The van der Waals surface area contributed by atoms with Gasteiger partial charge >= 0.3 is 0 Å². The van der Waals surface area contributed by atoms with E-state index in [1.165, 1.54) is 11.1 Å². The Hall–Kier alpha value is -1.00. The molecule has 0 aliphatic heterocycles. The van der Waals surface area contributed by atoms with Gasteiger partial charge in [-0.3, -0.25) is 4.79 Å². The lowest BCUT2D eigenvalue weighted by Crippen LogP contribution is -2.30. The van der Waals surface area contributed by atoms with E-state index in [0.717, 1.165) is 50.0 Å². The SMILES string of the molecule is CCCCC[C@H](N)C(=O)CCCOc1ccc(CS)c(CC)c1. The van der Waals surface area contributed by atoms with Gasteiger partial charge in [-0.25, -0.2) is 0 Å². The van der Waals surface area contributed by atoms with Crippen molar-refractivity contribution in [2.24, 2.45) is 5.73 Å². The molecule has 0 amide bonds. The summed E-state index contributed by atoms with van der Waals surface area (Å²) in [6.07, 6.45) is 6.33. The van der Waals surface area contributed by atoms with Crippen LogP contribution in [-0.4, -0.2) is 18.4 Å². The first-order valence-corrected chi connectivity index (χ1v) is 9.39. The summed E-state index contributed by atoms with van der Waals surface area (Å²) in [6.45, 7) is 4.83. The Balaban J connectivity index is 2.30. The molecule has 1 rings (SSSR count). The predicted octanol–water partition coefficient (Wildman–Crippen LogP) is 4.31. The van der Waals surface area contributed by atoms with Gasteiger partial charge in [0.1, 0.15) is 11.5 Å². The van der Waals surface area contributed by atoms with Gasteiger partial charge in [-0.2, -0.15) is 12.6 Å². The molecule has 2 N–H and O–H groups in total. The van der Waals surface area contributed by atoms with Crippen molar-refractivity contribution in [3.8, 4) is 5.75 Å². The van der Waals surface area contributed by atoms with Gasteiger partial charge in [-0.05, 0) is 42.5 Å². The summed E-state index contributed by atoms with van der Waals surface area (Å²) in [5.41, 5.74) is 8.44. The molecule has 0 aromatic heterocycles. The summed E-state index contributed by atoms with van der Waals surface area (Å²) in [6, 6.07) is 5.81. The molecule has 1 atom stereocenters. The number of carbonyl (C=O) groups is 1. The van der Waals surface area contributed by atoms with Crippen molar-refractivity contribution in [2.75, 3.05) is 6.61 Å². The minimum absolute atomic E-state index is 0.157. The third kappa shape index (κ3) is 7.40. The lowest BCUT2D eigenvalue weighted by molar-refractivity contribution is -0.120. The highest BCUT2D eigenvalue weighted by Gasteiger charge is 2.12. The van der Waals surface area contributed by atoms with Gasteiger partial charge in [0, 0.05) is 12.2 Å². The summed E-state index contributed by atoms with van der Waals surface area (Å²) in [5, 5.41) is 0. The highest BCUT2D eigenvalue weighted by atomic mass is 32.1. The fourth-order valence-corrected chi connectivity index (χ4v) is 2.88. The van der Waals surface area contributed by atoms with Crippen molar-refractivity contribution >= 4 is 18.4 Å². The molecule has 1 aromatic rings. The topological polar surface area (TPSA) is 52.3 Å². The number of Topliss-reactive ketones (excluding diaryl/α,β-unsaturated/α-hetero) is 1. The van der Waals surface area contributed by atoms with E-state index in [-0.39, 0.29) is 11.8 Å². The van der Waals surface area contributed by atoms with Crippen molar-refractivity contribution < 1.29 is 9.53 Å². The normalized spacial score (nSPS) is 12.2. The van der Waals surface area contributed by atoms with Crippen LogP contribution in [-0.2, 0) is 17.0 Å². The Bertz CT molecular complexity index is 476. The first-order valence-electron chi connectivity index (χ1n) is 8.76. The molecule has 3 nitrogen and oxygen atoms in total. The van der Waals surface area contributed by atoms with E-state index in [1.54, 1.807) is 0 Å². The van der Waals surface area contributed by atoms with Crippen LogP contribution in [0.2, 0.25) is 0 Å². The van der Waals surface area contributed by atoms with Crippen molar-refractivity contribution in [1.29, 1.82) is 0 Å². The maximum atomic E-state index is 11.9. The number of hydrogen-bond donors (Lipinski definition) is 2. The Morgan fingerprint density at radius 3 is 2.65 bits per heavy atom. The fourth-order valence-electron chi connectivity index (χ4n) is 2.57. The number of ether oxygens (including phenoxy) is 1. The molecule has 4 heteroatoms. The standard InChI is InChI=1S/C19H31NO2S/c1-3-5-6-8-18(20)19(21)9-7-12-22-17-11-10-16(14-23)15(4-2)13-17/h10-11,13,18,23H,3-9,12,14,20H2,1-2H3/t18-/m0/s1. The summed E-state index contributed by atoms with van der Waals surface area (Å²) in [5.74, 6) is 1.77. The van der Waals surface area contributed by atoms with Crippen LogP contribution in [0.15, 0.2) is 18.2 Å². The van der Waals surface area contributed by atoms with E-state index in [2.05, 4.69) is 38.6 Å². The molecule has 0 fully saturated rings. The first-order chi connectivity index (χ1) is 11.1. The Labute approximate surface area is 146 Å². The molecule has 130 valence electrons. The second-order valence-electron chi connectivity index (χ2n) is 5.96. The smallest absolute Gasteiger partial charge is 0.149 e. The van der Waals surface area contributed by atoms with Crippen molar-refractivity contribution in [1.82, 2.24) is 0 Å².